The predicted octanol–water partition coefficient (Wildman–Crippen LogP) is 4.74. The van der Waals surface area contributed by atoms with Crippen molar-refractivity contribution in [2.24, 2.45) is 24.3 Å². The summed E-state index contributed by atoms with van der Waals surface area (Å²) in [5.41, 5.74) is 14.1. The molecular formula is C38H35N8O4S+. The maximum Gasteiger partial charge on any atom is 0.355 e. The van der Waals surface area contributed by atoms with Crippen molar-refractivity contribution in [1.82, 2.24) is 19.7 Å². The van der Waals surface area contributed by atoms with E-state index in [4.69, 9.17) is 0 Å². The fraction of sp³-hybridized carbons (Fsp3) is 0.0789. The molecule has 0 aliphatic carbocycles. The highest BCUT2D eigenvalue weighted by atomic mass is 32.2. The Morgan fingerprint density at radius 1 is 0.667 bits per heavy atom. The van der Waals surface area contributed by atoms with E-state index < -0.39 is 16.1 Å². The van der Waals surface area contributed by atoms with Gasteiger partial charge in [0.25, 0.3) is 11.3 Å². The molecule has 0 aliphatic heterocycles. The number of imidazole rings is 2. The van der Waals surface area contributed by atoms with Crippen molar-refractivity contribution in [3.05, 3.63) is 151 Å². The highest BCUT2D eigenvalue weighted by Gasteiger charge is 2.16. The molecule has 7 rings (SSSR count). The van der Waals surface area contributed by atoms with Gasteiger partial charge in [0.2, 0.25) is 0 Å². The standard InChI is InChI=1S/C31H27N8O.C7H8O3S/c1-36-27(21-38-17-5-3-7-29(36)38)25-13-9-23(10-14-25)19-32-34-31(40)35-33-20-24-11-15-26(16-12-24)28-22-39-18-6-4-8-30(39)37(28)2;1-6-2-4-7(5-3-6)11(8,9)10/h3-22H,1-2H3,(H-,34,35,40);2-5H,1H3,(H,8,9,10)/q+1;/b32-19-,33-20+;. The Kier molecular flexibility index (Phi) is 10.1. The molecule has 0 radical (unpaired) electrons. The Morgan fingerprint density at radius 3 is 1.49 bits per heavy atom. The van der Waals surface area contributed by atoms with Gasteiger partial charge in [0, 0.05) is 23.3 Å². The van der Waals surface area contributed by atoms with Gasteiger partial charge in [-0.3, -0.25) is 0 Å². The molecule has 4 heterocycles. The quantitative estimate of drug-likeness (QED) is 0.107. The maximum atomic E-state index is 12.1. The van der Waals surface area contributed by atoms with Gasteiger partial charge in [-0.2, -0.15) is 10.2 Å². The van der Waals surface area contributed by atoms with E-state index in [0.717, 1.165) is 50.5 Å². The molecule has 0 saturated carbocycles. The van der Waals surface area contributed by atoms with Crippen molar-refractivity contribution >= 4 is 39.9 Å². The minimum absolute atomic E-state index is 0.178. The average Bonchev–Trinajstić information content (AvgIpc) is 3.65. The normalized spacial score (nSPS) is 11.6. The van der Waals surface area contributed by atoms with Gasteiger partial charge in [-0.1, -0.05) is 54.1 Å². The van der Waals surface area contributed by atoms with Crippen LogP contribution in [0, 0.1) is 6.92 Å². The van der Waals surface area contributed by atoms with Crippen molar-refractivity contribution in [3.63, 3.8) is 0 Å². The van der Waals surface area contributed by atoms with Crippen molar-refractivity contribution in [1.29, 1.82) is 0 Å². The van der Waals surface area contributed by atoms with Crippen molar-refractivity contribution in [2.45, 2.75) is 11.8 Å². The molecule has 51 heavy (non-hydrogen) atoms. The maximum absolute atomic E-state index is 12.1. The first kappa shape index (κ1) is 34.4. The highest BCUT2D eigenvalue weighted by Crippen LogP contribution is 2.19. The number of benzene rings is 3. The van der Waals surface area contributed by atoms with Crippen LogP contribution in [0.3, 0.4) is 0 Å². The SMILES string of the molecule is C[n+]1c(-c2ccc(/C=N\NC(=O)N/N=C/c3ccc(-c4cn5ccccc5[n+]4C)cc3)cc2)cn2ccccc21.Cc1ccc(S(=O)(=O)[O-])cc1. The third kappa shape index (κ3) is 8.24. The molecule has 2 amide bonds. The number of fused-ring (bicyclic) bond motifs is 2. The van der Waals surface area contributed by atoms with Gasteiger partial charge in [-0.25, -0.2) is 42.0 Å². The molecule has 0 spiro atoms. The lowest BCUT2D eigenvalue weighted by atomic mass is 10.1. The Balaban J connectivity index is 0.000000349. The van der Waals surface area contributed by atoms with Crippen molar-refractivity contribution < 1.29 is 26.9 Å². The first-order valence-corrected chi connectivity index (χ1v) is 17.2. The topological polar surface area (TPSA) is 140 Å². The fourth-order valence-corrected chi connectivity index (χ4v) is 5.91. The number of carbonyl (C=O) groups is 1. The lowest BCUT2D eigenvalue weighted by Gasteiger charge is -2.05. The fourth-order valence-electron chi connectivity index (χ4n) is 5.44. The molecule has 0 atom stereocenters. The van der Waals surface area contributed by atoms with Gasteiger partial charge in [0.15, 0.2) is 11.4 Å². The van der Waals surface area contributed by atoms with Crippen LogP contribution in [-0.4, -0.2) is 40.2 Å². The second-order valence-electron chi connectivity index (χ2n) is 11.7. The number of aromatic nitrogens is 4. The molecule has 0 saturated heterocycles. The first-order valence-electron chi connectivity index (χ1n) is 15.8. The zero-order valence-corrected chi connectivity index (χ0v) is 28.9. The number of urea groups is 1. The summed E-state index contributed by atoms with van der Waals surface area (Å²) >= 11 is 0. The summed E-state index contributed by atoms with van der Waals surface area (Å²) in [7, 11) is -0.175. The second-order valence-corrected chi connectivity index (χ2v) is 13.0. The molecule has 0 fully saturated rings. The zero-order chi connectivity index (χ0) is 36.0. The monoisotopic (exact) mass is 699 g/mol. The largest absolute Gasteiger partial charge is 0.744 e. The number of nitrogens with zero attached hydrogens (tertiary/aromatic N) is 6. The van der Waals surface area contributed by atoms with Crippen molar-refractivity contribution in [2.75, 3.05) is 0 Å². The minimum Gasteiger partial charge on any atom is -0.744 e. The number of nitrogens with one attached hydrogen (secondary N) is 2. The Hall–Kier alpha value is -6.44. The van der Waals surface area contributed by atoms with Crippen LogP contribution in [0.5, 0.6) is 0 Å². The van der Waals surface area contributed by atoms with E-state index in [-0.39, 0.29) is 4.90 Å². The van der Waals surface area contributed by atoms with Gasteiger partial charge in [0.1, 0.15) is 22.5 Å². The molecular weight excluding hydrogens is 665 g/mol. The number of aryl methyl sites for hydroxylation is 3. The first-order chi connectivity index (χ1) is 24.6. The molecule has 12 nitrogen and oxygen atoms in total. The molecule has 0 bridgehead atoms. The predicted molar refractivity (Wildman–Crippen MR) is 194 cm³/mol. The Morgan fingerprint density at radius 2 is 1.10 bits per heavy atom. The number of hydrogen-bond donors (Lipinski definition) is 2. The smallest absolute Gasteiger partial charge is 0.355 e. The summed E-state index contributed by atoms with van der Waals surface area (Å²) in [5, 5.41) is 8.04. The van der Waals surface area contributed by atoms with E-state index in [1.54, 1.807) is 24.6 Å². The third-order valence-electron chi connectivity index (χ3n) is 8.15. The number of carbonyl (C=O) groups excluding carboxylic acids is 1. The molecule has 3 aromatic carbocycles. The Bertz CT molecular complexity index is 2350. The van der Waals surface area contributed by atoms with E-state index in [0.29, 0.717) is 0 Å². The van der Waals surface area contributed by atoms with Crippen LogP contribution in [0.2, 0.25) is 0 Å². The third-order valence-corrected chi connectivity index (χ3v) is 9.00. The lowest BCUT2D eigenvalue weighted by molar-refractivity contribution is -0.633. The number of amides is 2. The molecule has 0 unspecified atom stereocenters. The molecule has 0 aliphatic rings. The van der Waals surface area contributed by atoms with E-state index in [1.165, 1.54) is 12.1 Å². The van der Waals surface area contributed by atoms with Gasteiger partial charge >= 0.3 is 6.03 Å². The summed E-state index contributed by atoms with van der Waals surface area (Å²) < 4.78 is 39.6. The van der Waals surface area contributed by atoms with Crippen LogP contribution in [0.4, 0.5) is 4.79 Å². The van der Waals surface area contributed by atoms with Crippen LogP contribution in [0.25, 0.3) is 33.8 Å². The second kappa shape index (κ2) is 15.0. The highest BCUT2D eigenvalue weighted by molar-refractivity contribution is 7.85. The van der Waals surface area contributed by atoms with Crippen molar-refractivity contribution in [3.8, 4) is 22.5 Å². The van der Waals surface area contributed by atoms with Crippen LogP contribution >= 0.6 is 0 Å². The molecule has 13 heteroatoms. The lowest BCUT2D eigenvalue weighted by Crippen LogP contribution is -2.29. The molecule has 4 aromatic heterocycles. The number of hydrazone groups is 2. The summed E-state index contributed by atoms with van der Waals surface area (Å²) in [6.45, 7) is 1.82. The van der Waals surface area contributed by atoms with Gasteiger partial charge in [0.05, 0.1) is 43.8 Å². The van der Waals surface area contributed by atoms with Gasteiger partial charge in [-0.15, -0.1) is 0 Å². The number of rotatable bonds is 7. The van der Waals surface area contributed by atoms with E-state index in [1.807, 2.05) is 106 Å². The van der Waals surface area contributed by atoms with E-state index >= 15 is 0 Å². The molecule has 2 N–H and O–H groups in total. The summed E-state index contributed by atoms with van der Waals surface area (Å²) in [6.07, 6.45) is 11.4. The number of pyridine rings is 2. The summed E-state index contributed by atoms with van der Waals surface area (Å²) in [6, 6.07) is 33.4. The number of hydrogen-bond acceptors (Lipinski definition) is 6. The molecule has 7 aromatic rings. The van der Waals surface area contributed by atoms with E-state index in [2.05, 4.69) is 63.5 Å². The minimum atomic E-state index is -4.27. The van der Waals surface area contributed by atoms with Crippen LogP contribution in [0.1, 0.15) is 16.7 Å². The van der Waals surface area contributed by atoms with Crippen LogP contribution < -0.4 is 20.0 Å². The van der Waals surface area contributed by atoms with Gasteiger partial charge in [-0.05, 0) is 66.6 Å². The molecule has 256 valence electrons. The van der Waals surface area contributed by atoms with E-state index in [9.17, 15) is 17.8 Å². The zero-order valence-electron chi connectivity index (χ0n) is 28.1. The summed E-state index contributed by atoms with van der Waals surface area (Å²) in [4.78, 5) is 11.9. The summed E-state index contributed by atoms with van der Waals surface area (Å²) in [5.74, 6) is 0. The van der Waals surface area contributed by atoms with Gasteiger partial charge < -0.3 is 4.55 Å². The average molecular weight is 700 g/mol. The van der Waals surface area contributed by atoms with Crippen LogP contribution in [-0.2, 0) is 24.2 Å². The van der Waals surface area contributed by atoms with Crippen LogP contribution in [0.15, 0.2) is 149 Å². The Labute approximate surface area is 295 Å².